The minimum atomic E-state index is 0.150. The van der Waals surface area contributed by atoms with Crippen LogP contribution < -0.4 is 0 Å². The average molecular weight is 224 g/mol. The van der Waals surface area contributed by atoms with Gasteiger partial charge in [0, 0.05) is 18.5 Å². The number of nitrogens with zero attached hydrogens (tertiary/aromatic N) is 1. The maximum Gasteiger partial charge on any atom is 0.219 e. The Labute approximate surface area is 94.8 Å². The van der Waals surface area contributed by atoms with Gasteiger partial charge in [0.25, 0.3) is 0 Å². The van der Waals surface area contributed by atoms with Gasteiger partial charge in [0.05, 0.1) is 6.04 Å². The van der Waals surface area contributed by atoms with E-state index in [4.69, 9.17) is 11.6 Å². The van der Waals surface area contributed by atoms with Gasteiger partial charge in [0.1, 0.15) is 0 Å². The lowest BCUT2D eigenvalue weighted by molar-refractivity contribution is -0.129. The second-order valence-electron chi connectivity index (χ2n) is 3.93. The standard InChI is InChI=1S/C12H14ClNO/c1-9(15)14-7-3-6-12(14)10-4-2-5-11(13)8-10/h2,4-5,8,12H,3,6-7H2,1H3. The molecule has 0 radical (unpaired) electrons. The average Bonchev–Trinajstić information content (AvgIpc) is 2.65. The summed E-state index contributed by atoms with van der Waals surface area (Å²) in [6.07, 6.45) is 2.12. The molecule has 0 saturated carbocycles. The Morgan fingerprint density at radius 3 is 3.00 bits per heavy atom. The van der Waals surface area contributed by atoms with Crippen molar-refractivity contribution in [2.45, 2.75) is 25.8 Å². The highest BCUT2D eigenvalue weighted by Gasteiger charge is 2.27. The molecule has 1 aliphatic rings. The van der Waals surface area contributed by atoms with Crippen molar-refractivity contribution in [1.29, 1.82) is 0 Å². The summed E-state index contributed by atoms with van der Waals surface area (Å²) in [5.74, 6) is 0.150. The van der Waals surface area contributed by atoms with E-state index in [1.54, 1.807) is 6.92 Å². The first-order valence-corrected chi connectivity index (χ1v) is 5.59. The number of halogens is 1. The van der Waals surface area contributed by atoms with Crippen LogP contribution in [0, 0.1) is 0 Å². The van der Waals surface area contributed by atoms with Gasteiger partial charge in [-0.2, -0.15) is 0 Å². The smallest absolute Gasteiger partial charge is 0.219 e. The van der Waals surface area contributed by atoms with Crippen molar-refractivity contribution in [3.8, 4) is 0 Å². The van der Waals surface area contributed by atoms with E-state index in [1.807, 2.05) is 29.2 Å². The Bertz CT molecular complexity index is 378. The van der Waals surface area contributed by atoms with E-state index in [9.17, 15) is 4.79 Å². The predicted octanol–water partition coefficient (Wildman–Crippen LogP) is 3.02. The molecule has 1 atom stereocenters. The third kappa shape index (κ3) is 2.15. The van der Waals surface area contributed by atoms with Crippen molar-refractivity contribution in [2.75, 3.05) is 6.54 Å². The molecule has 0 N–H and O–H groups in total. The van der Waals surface area contributed by atoms with Gasteiger partial charge in [-0.15, -0.1) is 0 Å². The van der Waals surface area contributed by atoms with E-state index in [0.717, 1.165) is 30.0 Å². The zero-order valence-electron chi connectivity index (χ0n) is 8.74. The van der Waals surface area contributed by atoms with Crippen molar-refractivity contribution in [2.24, 2.45) is 0 Å². The fraction of sp³-hybridized carbons (Fsp3) is 0.417. The van der Waals surface area contributed by atoms with Crippen molar-refractivity contribution < 1.29 is 4.79 Å². The molecule has 1 saturated heterocycles. The summed E-state index contributed by atoms with van der Waals surface area (Å²) < 4.78 is 0. The summed E-state index contributed by atoms with van der Waals surface area (Å²) in [7, 11) is 0. The highest BCUT2D eigenvalue weighted by molar-refractivity contribution is 6.30. The summed E-state index contributed by atoms with van der Waals surface area (Å²) in [4.78, 5) is 13.3. The van der Waals surface area contributed by atoms with Crippen LogP contribution in [0.5, 0.6) is 0 Å². The molecule has 1 unspecified atom stereocenters. The summed E-state index contributed by atoms with van der Waals surface area (Å²) in [6.45, 7) is 2.50. The zero-order valence-corrected chi connectivity index (χ0v) is 9.50. The summed E-state index contributed by atoms with van der Waals surface area (Å²) >= 11 is 5.95. The molecule has 1 aromatic carbocycles. The van der Waals surface area contributed by atoms with Crippen LogP contribution in [0.15, 0.2) is 24.3 Å². The number of hydrogen-bond donors (Lipinski definition) is 0. The molecule has 1 aromatic rings. The number of rotatable bonds is 1. The highest BCUT2D eigenvalue weighted by atomic mass is 35.5. The van der Waals surface area contributed by atoms with E-state index in [1.165, 1.54) is 0 Å². The zero-order chi connectivity index (χ0) is 10.8. The summed E-state index contributed by atoms with van der Waals surface area (Å²) in [5, 5.41) is 0.739. The van der Waals surface area contributed by atoms with Crippen molar-refractivity contribution in [1.82, 2.24) is 4.90 Å². The largest absolute Gasteiger partial charge is 0.336 e. The van der Waals surface area contributed by atoms with E-state index in [2.05, 4.69) is 0 Å². The Hall–Kier alpha value is -1.02. The highest BCUT2D eigenvalue weighted by Crippen LogP contribution is 2.32. The first kappa shape index (κ1) is 10.5. The fourth-order valence-corrected chi connectivity index (χ4v) is 2.40. The predicted molar refractivity (Wildman–Crippen MR) is 60.8 cm³/mol. The van der Waals surface area contributed by atoms with Gasteiger partial charge in [0.15, 0.2) is 0 Å². The second kappa shape index (κ2) is 4.23. The molecule has 80 valence electrons. The van der Waals surface area contributed by atoms with Crippen LogP contribution in [-0.2, 0) is 4.79 Å². The number of amides is 1. The van der Waals surface area contributed by atoms with Crippen molar-refractivity contribution in [3.05, 3.63) is 34.9 Å². The first-order valence-electron chi connectivity index (χ1n) is 5.21. The van der Waals surface area contributed by atoms with Gasteiger partial charge in [-0.1, -0.05) is 23.7 Å². The van der Waals surface area contributed by atoms with E-state index in [0.29, 0.717) is 0 Å². The summed E-state index contributed by atoms with van der Waals surface area (Å²) in [5.41, 5.74) is 1.15. The topological polar surface area (TPSA) is 20.3 Å². The Kier molecular flexibility index (Phi) is 2.96. The third-order valence-corrected chi connectivity index (χ3v) is 3.13. The van der Waals surface area contributed by atoms with Crippen LogP contribution in [-0.4, -0.2) is 17.4 Å². The summed E-state index contributed by atoms with van der Waals surface area (Å²) in [6, 6.07) is 8.01. The van der Waals surface area contributed by atoms with E-state index >= 15 is 0 Å². The molecule has 1 fully saturated rings. The molecule has 0 spiro atoms. The molecule has 15 heavy (non-hydrogen) atoms. The van der Waals surface area contributed by atoms with Crippen LogP contribution in [0.1, 0.15) is 31.4 Å². The van der Waals surface area contributed by atoms with Gasteiger partial charge in [-0.25, -0.2) is 0 Å². The molecule has 1 aliphatic heterocycles. The van der Waals surface area contributed by atoms with Crippen LogP contribution in [0.3, 0.4) is 0 Å². The van der Waals surface area contributed by atoms with Gasteiger partial charge < -0.3 is 4.90 Å². The minimum absolute atomic E-state index is 0.150. The number of benzene rings is 1. The molecule has 0 bridgehead atoms. The fourth-order valence-electron chi connectivity index (χ4n) is 2.20. The first-order chi connectivity index (χ1) is 7.18. The third-order valence-electron chi connectivity index (χ3n) is 2.89. The molecule has 1 heterocycles. The molecular formula is C12H14ClNO. The van der Waals surface area contributed by atoms with Gasteiger partial charge >= 0.3 is 0 Å². The number of hydrogen-bond acceptors (Lipinski definition) is 1. The number of carbonyl (C=O) groups excluding carboxylic acids is 1. The Morgan fingerprint density at radius 2 is 2.33 bits per heavy atom. The molecule has 0 aromatic heterocycles. The number of likely N-dealkylation sites (tertiary alicyclic amines) is 1. The van der Waals surface area contributed by atoms with Crippen LogP contribution in [0.4, 0.5) is 0 Å². The maximum atomic E-state index is 11.4. The van der Waals surface area contributed by atoms with Crippen LogP contribution in [0.25, 0.3) is 0 Å². The molecule has 2 nitrogen and oxygen atoms in total. The monoisotopic (exact) mass is 223 g/mol. The number of carbonyl (C=O) groups is 1. The lowest BCUT2D eigenvalue weighted by atomic mass is 10.0. The van der Waals surface area contributed by atoms with Gasteiger partial charge in [-0.3, -0.25) is 4.79 Å². The molecule has 0 aliphatic carbocycles. The quantitative estimate of drug-likeness (QED) is 0.717. The Morgan fingerprint density at radius 1 is 1.53 bits per heavy atom. The lowest BCUT2D eigenvalue weighted by Gasteiger charge is -2.23. The van der Waals surface area contributed by atoms with Crippen LogP contribution in [0.2, 0.25) is 5.02 Å². The van der Waals surface area contributed by atoms with Crippen LogP contribution >= 0.6 is 11.6 Å². The van der Waals surface area contributed by atoms with Gasteiger partial charge in [-0.05, 0) is 30.5 Å². The molecule has 3 heteroatoms. The van der Waals surface area contributed by atoms with E-state index < -0.39 is 0 Å². The Balaban J connectivity index is 2.26. The molecular weight excluding hydrogens is 210 g/mol. The lowest BCUT2D eigenvalue weighted by Crippen LogP contribution is -2.27. The maximum absolute atomic E-state index is 11.4. The van der Waals surface area contributed by atoms with E-state index in [-0.39, 0.29) is 11.9 Å². The van der Waals surface area contributed by atoms with Crippen molar-refractivity contribution in [3.63, 3.8) is 0 Å². The normalized spacial score (nSPS) is 20.7. The van der Waals surface area contributed by atoms with Gasteiger partial charge in [0.2, 0.25) is 5.91 Å². The SMILES string of the molecule is CC(=O)N1CCCC1c1cccc(Cl)c1. The molecule has 2 rings (SSSR count). The minimum Gasteiger partial charge on any atom is -0.336 e. The molecule has 1 amide bonds. The van der Waals surface area contributed by atoms with Crippen molar-refractivity contribution >= 4 is 17.5 Å². The second-order valence-corrected chi connectivity index (χ2v) is 4.36.